The number of hydrogen-bond donors (Lipinski definition) is 1. The van der Waals surface area contributed by atoms with E-state index in [0.29, 0.717) is 0 Å². The molecule has 1 N–H and O–H groups in total. The van der Waals surface area contributed by atoms with E-state index in [1.165, 1.54) is 12.1 Å². The summed E-state index contributed by atoms with van der Waals surface area (Å²) in [5, 5.41) is 3.12. The number of benzene rings is 1. The van der Waals surface area contributed by atoms with E-state index in [4.69, 9.17) is 4.42 Å². The number of halogens is 3. The monoisotopic (exact) mass is 297 g/mol. The van der Waals surface area contributed by atoms with Crippen molar-refractivity contribution in [2.24, 2.45) is 0 Å². The summed E-state index contributed by atoms with van der Waals surface area (Å²) in [6.07, 6.45) is -4.33. The fourth-order valence-corrected chi connectivity index (χ4v) is 2.40. The fraction of sp³-hybridized carbons (Fsp3) is 0.375. The van der Waals surface area contributed by atoms with Gasteiger partial charge in [0.25, 0.3) is 0 Å². The van der Waals surface area contributed by atoms with Crippen LogP contribution >= 0.6 is 0 Å². The van der Waals surface area contributed by atoms with Crippen LogP contribution < -0.4 is 5.32 Å². The summed E-state index contributed by atoms with van der Waals surface area (Å²) in [7, 11) is 0. The number of rotatable bonds is 4. The molecule has 0 saturated heterocycles. The van der Waals surface area contributed by atoms with Gasteiger partial charge in [-0.15, -0.1) is 0 Å². The predicted molar refractivity (Wildman–Crippen MR) is 74.9 cm³/mol. The smallest absolute Gasteiger partial charge is 0.416 e. The average Bonchev–Trinajstić information content (AvgIpc) is 2.74. The predicted octanol–water partition coefficient (Wildman–Crippen LogP) is 4.77. The lowest BCUT2D eigenvalue weighted by atomic mass is 10.1. The third-order valence-corrected chi connectivity index (χ3v) is 3.47. The number of aryl methyl sites for hydroxylation is 2. The molecule has 21 heavy (non-hydrogen) atoms. The van der Waals surface area contributed by atoms with E-state index in [0.717, 1.165) is 23.2 Å². The zero-order valence-electron chi connectivity index (χ0n) is 12.2. The lowest BCUT2D eigenvalue weighted by Crippen LogP contribution is -2.20. The van der Waals surface area contributed by atoms with Crippen molar-refractivity contribution in [2.45, 2.75) is 39.5 Å². The molecule has 0 aliphatic heterocycles. The molecule has 0 bridgehead atoms. The van der Waals surface area contributed by atoms with Gasteiger partial charge in [0.15, 0.2) is 0 Å². The van der Waals surface area contributed by atoms with Crippen LogP contribution in [0.25, 0.3) is 0 Å². The molecule has 2 rings (SSSR count). The van der Waals surface area contributed by atoms with Crippen molar-refractivity contribution in [1.29, 1.82) is 0 Å². The van der Waals surface area contributed by atoms with Crippen molar-refractivity contribution >= 4 is 0 Å². The van der Waals surface area contributed by atoms with Crippen molar-refractivity contribution in [3.05, 3.63) is 58.5 Å². The third-order valence-electron chi connectivity index (χ3n) is 3.47. The van der Waals surface area contributed by atoms with E-state index >= 15 is 0 Å². The van der Waals surface area contributed by atoms with Crippen LogP contribution in [0.15, 0.2) is 34.7 Å². The van der Waals surface area contributed by atoms with Gasteiger partial charge in [0.05, 0.1) is 5.56 Å². The molecule has 1 unspecified atom stereocenters. The summed E-state index contributed by atoms with van der Waals surface area (Å²) in [5.41, 5.74) is 0.622. The lowest BCUT2D eigenvalue weighted by Gasteiger charge is -2.16. The number of alkyl halides is 3. The molecule has 0 amide bonds. The SMILES string of the molecule is Cc1cc(C(C)NCc2ccccc2C(F)(F)F)c(C)o1. The molecule has 1 aromatic carbocycles. The van der Waals surface area contributed by atoms with Crippen LogP contribution in [0.1, 0.15) is 41.2 Å². The highest BCUT2D eigenvalue weighted by Gasteiger charge is 2.32. The minimum Gasteiger partial charge on any atom is -0.466 e. The van der Waals surface area contributed by atoms with Crippen molar-refractivity contribution in [3.63, 3.8) is 0 Å². The summed E-state index contributed by atoms with van der Waals surface area (Å²) in [4.78, 5) is 0. The quantitative estimate of drug-likeness (QED) is 0.879. The van der Waals surface area contributed by atoms with Crippen LogP contribution in [0, 0.1) is 13.8 Å². The van der Waals surface area contributed by atoms with E-state index in [1.54, 1.807) is 6.07 Å². The van der Waals surface area contributed by atoms with Gasteiger partial charge in [-0.2, -0.15) is 13.2 Å². The van der Waals surface area contributed by atoms with Crippen LogP contribution in [0.4, 0.5) is 13.2 Å². The summed E-state index contributed by atoms with van der Waals surface area (Å²) in [6.45, 7) is 5.76. The van der Waals surface area contributed by atoms with Gasteiger partial charge in [0.1, 0.15) is 11.5 Å². The third kappa shape index (κ3) is 3.67. The highest BCUT2D eigenvalue weighted by Crippen LogP contribution is 2.32. The minimum absolute atomic E-state index is 0.0799. The van der Waals surface area contributed by atoms with Gasteiger partial charge < -0.3 is 9.73 Å². The van der Waals surface area contributed by atoms with Crippen LogP contribution in [-0.4, -0.2) is 0 Å². The molecule has 0 fully saturated rings. The minimum atomic E-state index is -4.33. The van der Waals surface area contributed by atoms with Gasteiger partial charge in [-0.1, -0.05) is 18.2 Å². The fourth-order valence-electron chi connectivity index (χ4n) is 2.40. The zero-order valence-corrected chi connectivity index (χ0v) is 12.2. The maximum Gasteiger partial charge on any atom is 0.416 e. The molecule has 1 aromatic heterocycles. The van der Waals surface area contributed by atoms with E-state index in [1.807, 2.05) is 26.8 Å². The first-order valence-corrected chi connectivity index (χ1v) is 6.74. The Morgan fingerprint density at radius 2 is 1.86 bits per heavy atom. The Morgan fingerprint density at radius 3 is 2.43 bits per heavy atom. The second-order valence-electron chi connectivity index (χ2n) is 5.13. The number of hydrogen-bond acceptors (Lipinski definition) is 2. The Kier molecular flexibility index (Phi) is 4.42. The molecule has 2 nitrogen and oxygen atoms in total. The zero-order chi connectivity index (χ0) is 15.6. The summed E-state index contributed by atoms with van der Waals surface area (Å²) < 4.78 is 44.2. The van der Waals surface area contributed by atoms with Crippen LogP contribution in [0.3, 0.4) is 0 Å². The Balaban J connectivity index is 2.12. The maximum absolute atomic E-state index is 12.9. The van der Waals surface area contributed by atoms with Gasteiger partial charge in [-0.05, 0) is 38.5 Å². The first-order valence-electron chi connectivity index (χ1n) is 6.74. The maximum atomic E-state index is 12.9. The van der Waals surface area contributed by atoms with Gasteiger partial charge in [0, 0.05) is 18.2 Å². The Bertz CT molecular complexity index is 616. The van der Waals surface area contributed by atoms with E-state index in [-0.39, 0.29) is 18.2 Å². The summed E-state index contributed by atoms with van der Waals surface area (Å²) >= 11 is 0. The molecule has 114 valence electrons. The first-order chi connectivity index (χ1) is 9.79. The topological polar surface area (TPSA) is 25.2 Å². The second kappa shape index (κ2) is 5.93. The van der Waals surface area contributed by atoms with Crippen molar-refractivity contribution in [3.8, 4) is 0 Å². The standard InChI is InChI=1S/C16H18F3NO/c1-10-8-14(12(3)21-10)11(2)20-9-13-6-4-5-7-15(13)16(17,18)19/h4-8,11,20H,9H2,1-3H3. The normalized spacial score (nSPS) is 13.4. The van der Waals surface area contributed by atoms with E-state index in [2.05, 4.69) is 5.32 Å². The molecule has 1 atom stereocenters. The Morgan fingerprint density at radius 1 is 1.19 bits per heavy atom. The van der Waals surface area contributed by atoms with Gasteiger partial charge in [-0.3, -0.25) is 0 Å². The van der Waals surface area contributed by atoms with Crippen molar-refractivity contribution < 1.29 is 17.6 Å². The summed E-state index contributed by atoms with van der Waals surface area (Å²) in [6, 6.07) is 7.45. The van der Waals surface area contributed by atoms with Crippen LogP contribution in [0.5, 0.6) is 0 Å². The van der Waals surface area contributed by atoms with Gasteiger partial charge in [-0.25, -0.2) is 0 Å². The number of furan rings is 1. The first kappa shape index (κ1) is 15.6. The van der Waals surface area contributed by atoms with Gasteiger partial charge in [0.2, 0.25) is 0 Å². The van der Waals surface area contributed by atoms with Crippen LogP contribution in [-0.2, 0) is 12.7 Å². The highest BCUT2D eigenvalue weighted by atomic mass is 19.4. The molecular formula is C16H18F3NO. The highest BCUT2D eigenvalue weighted by molar-refractivity contribution is 5.30. The molecule has 0 radical (unpaired) electrons. The Hall–Kier alpha value is -1.75. The Labute approximate surface area is 122 Å². The molecule has 5 heteroatoms. The molecule has 0 saturated carbocycles. The molecule has 0 aliphatic rings. The van der Waals surface area contributed by atoms with Crippen molar-refractivity contribution in [2.75, 3.05) is 0 Å². The second-order valence-corrected chi connectivity index (χ2v) is 5.13. The number of nitrogens with one attached hydrogen (secondary N) is 1. The van der Waals surface area contributed by atoms with Crippen LogP contribution in [0.2, 0.25) is 0 Å². The molecule has 0 spiro atoms. The van der Waals surface area contributed by atoms with Gasteiger partial charge >= 0.3 is 6.18 Å². The van der Waals surface area contributed by atoms with E-state index < -0.39 is 11.7 Å². The van der Waals surface area contributed by atoms with E-state index in [9.17, 15) is 13.2 Å². The molecular weight excluding hydrogens is 279 g/mol. The molecule has 2 aromatic rings. The molecule has 0 aliphatic carbocycles. The van der Waals surface area contributed by atoms with Crippen molar-refractivity contribution in [1.82, 2.24) is 5.32 Å². The average molecular weight is 297 g/mol. The molecule has 1 heterocycles. The summed E-state index contributed by atoms with van der Waals surface area (Å²) in [5.74, 6) is 1.59. The lowest BCUT2D eigenvalue weighted by molar-refractivity contribution is -0.138. The largest absolute Gasteiger partial charge is 0.466 e.